The van der Waals surface area contributed by atoms with Crippen LogP contribution in [-0.2, 0) is 15.4 Å². The molecule has 0 unspecified atom stereocenters. The highest BCUT2D eigenvalue weighted by Crippen LogP contribution is 2.24. The molecule has 0 amide bonds. The molecule has 0 aliphatic heterocycles. The van der Waals surface area contributed by atoms with Crippen molar-refractivity contribution in [2.75, 3.05) is 4.72 Å². The van der Waals surface area contributed by atoms with E-state index in [2.05, 4.69) is 35.5 Å². The van der Waals surface area contributed by atoms with Crippen molar-refractivity contribution < 1.29 is 8.42 Å². The maximum Gasteiger partial charge on any atom is 0.263 e. The number of benzene rings is 1. The second kappa shape index (κ2) is 5.61. The molecule has 5 nitrogen and oxygen atoms in total. The van der Waals surface area contributed by atoms with E-state index in [4.69, 9.17) is 11.6 Å². The summed E-state index contributed by atoms with van der Waals surface area (Å²) in [6.07, 6.45) is 1.20. The lowest BCUT2D eigenvalue weighted by Gasteiger charge is -2.19. The lowest BCUT2D eigenvalue weighted by molar-refractivity contribution is 0.587. The normalized spacial score (nSPS) is 12.2. The summed E-state index contributed by atoms with van der Waals surface area (Å²) >= 11 is 5.70. The number of nitrogens with one attached hydrogen (secondary N) is 1. The number of hydrogen-bond donors (Lipinski definition) is 1. The first-order chi connectivity index (χ1) is 9.68. The van der Waals surface area contributed by atoms with E-state index < -0.39 is 10.0 Å². The molecule has 1 N–H and O–H groups in total. The van der Waals surface area contributed by atoms with Gasteiger partial charge in [-0.2, -0.15) is 0 Å². The minimum Gasteiger partial charge on any atom is -0.263 e. The standard InChI is InChI=1S/C14H16ClN3O2S/c1-14(2,3)10-4-6-11(7-5-10)21(19,20)18-13-8-12(15)16-9-17-13/h4-9H,1-3H3,(H,16,17,18). The highest BCUT2D eigenvalue weighted by atomic mass is 35.5. The first-order valence-corrected chi connectivity index (χ1v) is 8.15. The van der Waals surface area contributed by atoms with Gasteiger partial charge < -0.3 is 0 Å². The number of halogens is 1. The van der Waals surface area contributed by atoms with Crippen LogP contribution in [0.3, 0.4) is 0 Å². The molecule has 0 aliphatic carbocycles. The number of anilines is 1. The van der Waals surface area contributed by atoms with E-state index in [1.54, 1.807) is 12.1 Å². The van der Waals surface area contributed by atoms with Gasteiger partial charge in [0.2, 0.25) is 0 Å². The maximum absolute atomic E-state index is 12.3. The number of sulfonamides is 1. The fourth-order valence-corrected chi connectivity index (χ4v) is 2.87. The molecule has 2 rings (SSSR count). The Kier molecular flexibility index (Phi) is 4.20. The van der Waals surface area contributed by atoms with Gasteiger partial charge in [0.15, 0.2) is 0 Å². The Labute approximate surface area is 129 Å². The fraction of sp³-hybridized carbons (Fsp3) is 0.286. The molecule has 1 aromatic carbocycles. The molecular weight excluding hydrogens is 310 g/mol. The Bertz CT molecular complexity index is 738. The molecule has 7 heteroatoms. The minimum atomic E-state index is -3.69. The first kappa shape index (κ1) is 15.7. The van der Waals surface area contributed by atoms with Gasteiger partial charge in [0.25, 0.3) is 10.0 Å². The summed E-state index contributed by atoms with van der Waals surface area (Å²) in [7, 11) is -3.69. The van der Waals surface area contributed by atoms with E-state index in [1.165, 1.54) is 12.4 Å². The van der Waals surface area contributed by atoms with Crippen LogP contribution in [-0.4, -0.2) is 18.4 Å². The third-order valence-electron chi connectivity index (χ3n) is 2.90. The maximum atomic E-state index is 12.3. The highest BCUT2D eigenvalue weighted by molar-refractivity contribution is 7.92. The lowest BCUT2D eigenvalue weighted by atomic mass is 9.87. The van der Waals surface area contributed by atoms with E-state index in [0.29, 0.717) is 0 Å². The molecule has 0 fully saturated rings. The average molecular weight is 326 g/mol. The Balaban J connectivity index is 2.28. The van der Waals surface area contributed by atoms with E-state index in [9.17, 15) is 8.42 Å². The van der Waals surface area contributed by atoms with Crippen LogP contribution in [0.1, 0.15) is 26.3 Å². The zero-order valence-electron chi connectivity index (χ0n) is 12.0. The number of nitrogens with zero attached hydrogens (tertiary/aromatic N) is 2. The smallest absolute Gasteiger partial charge is 0.263 e. The van der Waals surface area contributed by atoms with Crippen molar-refractivity contribution in [2.24, 2.45) is 0 Å². The molecule has 21 heavy (non-hydrogen) atoms. The van der Waals surface area contributed by atoms with Gasteiger partial charge in [-0.1, -0.05) is 44.5 Å². The van der Waals surface area contributed by atoms with Crippen LogP contribution in [0.25, 0.3) is 0 Å². The molecule has 1 aromatic heterocycles. The molecular formula is C14H16ClN3O2S. The summed E-state index contributed by atoms with van der Waals surface area (Å²) in [5, 5.41) is 0.172. The summed E-state index contributed by atoms with van der Waals surface area (Å²) in [4.78, 5) is 7.69. The zero-order chi connectivity index (χ0) is 15.7. The van der Waals surface area contributed by atoms with E-state index >= 15 is 0 Å². The Hall–Kier alpha value is -1.66. The van der Waals surface area contributed by atoms with E-state index in [1.807, 2.05) is 12.1 Å². The molecule has 0 atom stereocenters. The quantitative estimate of drug-likeness (QED) is 0.879. The predicted octanol–water partition coefficient (Wildman–Crippen LogP) is 3.23. The molecule has 0 radical (unpaired) electrons. The Morgan fingerprint density at radius 1 is 1.10 bits per heavy atom. The van der Waals surface area contributed by atoms with E-state index in [0.717, 1.165) is 5.56 Å². The topological polar surface area (TPSA) is 72.0 Å². The van der Waals surface area contributed by atoms with Crippen LogP contribution in [0.4, 0.5) is 5.82 Å². The minimum absolute atomic E-state index is 0.0318. The fourth-order valence-electron chi connectivity index (χ4n) is 1.72. The van der Waals surface area contributed by atoms with Crippen molar-refractivity contribution >= 4 is 27.4 Å². The average Bonchev–Trinajstić information content (AvgIpc) is 2.37. The summed E-state index contributed by atoms with van der Waals surface area (Å²) in [6.45, 7) is 6.20. The second-order valence-corrected chi connectivity index (χ2v) is 7.68. The summed E-state index contributed by atoms with van der Waals surface area (Å²) in [5.41, 5.74) is 1.03. The van der Waals surface area contributed by atoms with Crippen LogP contribution in [0, 0.1) is 0 Å². The van der Waals surface area contributed by atoms with Gasteiger partial charge in [0.1, 0.15) is 17.3 Å². The van der Waals surface area contributed by atoms with Crippen molar-refractivity contribution in [3.05, 3.63) is 47.4 Å². The molecule has 0 saturated heterocycles. The van der Waals surface area contributed by atoms with Gasteiger partial charge in [-0.3, -0.25) is 4.72 Å². The first-order valence-electron chi connectivity index (χ1n) is 6.29. The third kappa shape index (κ3) is 3.92. The Morgan fingerprint density at radius 3 is 2.24 bits per heavy atom. The second-order valence-electron chi connectivity index (χ2n) is 5.61. The van der Waals surface area contributed by atoms with Gasteiger partial charge in [-0.05, 0) is 23.1 Å². The van der Waals surface area contributed by atoms with Gasteiger partial charge in [-0.25, -0.2) is 18.4 Å². The van der Waals surface area contributed by atoms with Crippen molar-refractivity contribution in [1.29, 1.82) is 0 Å². The van der Waals surface area contributed by atoms with Crippen LogP contribution in [0.2, 0.25) is 5.15 Å². The van der Waals surface area contributed by atoms with Crippen molar-refractivity contribution in [2.45, 2.75) is 31.1 Å². The van der Waals surface area contributed by atoms with Crippen LogP contribution in [0.15, 0.2) is 41.6 Å². The van der Waals surface area contributed by atoms with Gasteiger partial charge >= 0.3 is 0 Å². The largest absolute Gasteiger partial charge is 0.263 e. The Morgan fingerprint density at radius 2 is 1.71 bits per heavy atom. The summed E-state index contributed by atoms with van der Waals surface area (Å²) in [5.74, 6) is 0.134. The summed E-state index contributed by atoms with van der Waals surface area (Å²) < 4.78 is 26.9. The monoisotopic (exact) mass is 325 g/mol. The number of aromatic nitrogens is 2. The summed E-state index contributed by atoms with van der Waals surface area (Å²) in [6, 6.07) is 8.11. The molecule has 0 saturated carbocycles. The third-order valence-corrected chi connectivity index (χ3v) is 4.48. The predicted molar refractivity (Wildman–Crippen MR) is 83.0 cm³/mol. The highest BCUT2D eigenvalue weighted by Gasteiger charge is 2.18. The molecule has 0 spiro atoms. The van der Waals surface area contributed by atoms with Gasteiger partial charge in [0.05, 0.1) is 4.90 Å². The van der Waals surface area contributed by atoms with Gasteiger partial charge in [0, 0.05) is 6.07 Å². The molecule has 1 heterocycles. The molecule has 0 aliphatic rings. The SMILES string of the molecule is CC(C)(C)c1ccc(S(=O)(=O)Nc2cc(Cl)ncn2)cc1. The lowest BCUT2D eigenvalue weighted by Crippen LogP contribution is -2.15. The van der Waals surface area contributed by atoms with Crippen LogP contribution >= 0.6 is 11.6 Å². The van der Waals surface area contributed by atoms with Crippen molar-refractivity contribution in [1.82, 2.24) is 9.97 Å². The molecule has 2 aromatic rings. The van der Waals surface area contributed by atoms with E-state index in [-0.39, 0.29) is 21.3 Å². The van der Waals surface area contributed by atoms with Gasteiger partial charge in [-0.15, -0.1) is 0 Å². The zero-order valence-corrected chi connectivity index (χ0v) is 13.5. The van der Waals surface area contributed by atoms with Crippen molar-refractivity contribution in [3.8, 4) is 0 Å². The molecule has 112 valence electrons. The number of rotatable bonds is 3. The number of hydrogen-bond acceptors (Lipinski definition) is 4. The van der Waals surface area contributed by atoms with Crippen LogP contribution < -0.4 is 4.72 Å². The van der Waals surface area contributed by atoms with Crippen molar-refractivity contribution in [3.63, 3.8) is 0 Å². The molecule has 0 bridgehead atoms. The van der Waals surface area contributed by atoms with Crippen LogP contribution in [0.5, 0.6) is 0 Å².